The lowest BCUT2D eigenvalue weighted by atomic mass is 10.2. The molecule has 1 aromatic carbocycles. The fraction of sp³-hybridized carbons (Fsp3) is 0.500. The molecule has 100 valence electrons. The molecule has 0 bridgehead atoms. The summed E-state index contributed by atoms with van der Waals surface area (Å²) in [4.78, 5) is 10.1. The fourth-order valence-corrected chi connectivity index (χ4v) is 1.75. The summed E-state index contributed by atoms with van der Waals surface area (Å²) in [6.07, 6.45) is 2.04. The van der Waals surface area contributed by atoms with E-state index in [0.717, 1.165) is 31.6 Å². The molecule has 0 heterocycles. The van der Waals surface area contributed by atoms with Crippen LogP contribution in [0, 0.1) is 10.1 Å². The average Bonchev–Trinajstić information content (AvgIpc) is 2.35. The normalized spacial score (nSPS) is 10.6. The molecule has 0 amide bonds. The molecule has 0 radical (unpaired) electrons. The van der Waals surface area contributed by atoms with E-state index in [1.54, 1.807) is 13.2 Å². The molecule has 18 heavy (non-hydrogen) atoms. The van der Waals surface area contributed by atoms with Crippen molar-refractivity contribution in [2.75, 3.05) is 20.3 Å². The van der Waals surface area contributed by atoms with E-state index in [-0.39, 0.29) is 5.69 Å². The van der Waals surface area contributed by atoms with Crippen molar-refractivity contribution in [2.24, 2.45) is 0 Å². The van der Waals surface area contributed by atoms with Gasteiger partial charge in [0.15, 0.2) is 0 Å². The Kier molecular flexibility index (Phi) is 6.64. The van der Waals surface area contributed by atoms with Gasteiger partial charge in [-0.3, -0.25) is 10.1 Å². The Morgan fingerprint density at radius 3 is 2.83 bits per heavy atom. The first kappa shape index (κ1) is 14.9. The molecule has 5 nitrogen and oxygen atoms in total. The van der Waals surface area contributed by atoms with E-state index in [0.29, 0.717) is 11.6 Å². The number of rotatable bonds is 8. The number of benzene rings is 1. The molecule has 1 rings (SSSR count). The van der Waals surface area contributed by atoms with Crippen molar-refractivity contribution in [3.8, 4) is 0 Å². The Morgan fingerprint density at radius 2 is 2.22 bits per heavy atom. The van der Waals surface area contributed by atoms with Crippen molar-refractivity contribution in [1.29, 1.82) is 0 Å². The molecular formula is C12H17ClN2O3. The van der Waals surface area contributed by atoms with Crippen molar-refractivity contribution < 1.29 is 9.66 Å². The summed E-state index contributed by atoms with van der Waals surface area (Å²) in [5.41, 5.74) is 0.887. The Balaban J connectivity index is 2.36. The molecule has 0 aromatic heterocycles. The van der Waals surface area contributed by atoms with Gasteiger partial charge in [0.25, 0.3) is 5.69 Å². The predicted molar refractivity (Wildman–Crippen MR) is 70.9 cm³/mol. The second-order valence-electron chi connectivity index (χ2n) is 3.91. The third-order valence-corrected chi connectivity index (χ3v) is 2.87. The van der Waals surface area contributed by atoms with E-state index >= 15 is 0 Å². The number of unbranched alkanes of at least 4 members (excludes halogenated alkanes) is 1. The van der Waals surface area contributed by atoms with Gasteiger partial charge in [0, 0.05) is 32.4 Å². The summed E-state index contributed by atoms with van der Waals surface area (Å²) in [6.45, 7) is 2.25. The Morgan fingerprint density at radius 1 is 1.44 bits per heavy atom. The zero-order valence-electron chi connectivity index (χ0n) is 10.3. The zero-order chi connectivity index (χ0) is 13.4. The highest BCUT2D eigenvalue weighted by Gasteiger charge is 2.08. The maximum absolute atomic E-state index is 10.5. The third-order valence-electron chi connectivity index (χ3n) is 2.51. The van der Waals surface area contributed by atoms with Crippen molar-refractivity contribution in [2.45, 2.75) is 19.4 Å². The maximum Gasteiger partial charge on any atom is 0.270 e. The minimum Gasteiger partial charge on any atom is -0.385 e. The van der Waals surface area contributed by atoms with Crippen LogP contribution in [0.2, 0.25) is 5.02 Å². The molecule has 0 aliphatic heterocycles. The number of hydrogen-bond donors (Lipinski definition) is 1. The van der Waals surface area contributed by atoms with Crippen molar-refractivity contribution in [3.63, 3.8) is 0 Å². The lowest BCUT2D eigenvalue weighted by Gasteiger charge is -2.06. The molecule has 1 N–H and O–H groups in total. The van der Waals surface area contributed by atoms with Crippen LogP contribution in [0.4, 0.5) is 5.69 Å². The van der Waals surface area contributed by atoms with Gasteiger partial charge < -0.3 is 10.1 Å². The highest BCUT2D eigenvalue weighted by atomic mass is 35.5. The van der Waals surface area contributed by atoms with Gasteiger partial charge in [0.05, 0.1) is 9.95 Å². The van der Waals surface area contributed by atoms with Gasteiger partial charge in [0.2, 0.25) is 0 Å². The molecule has 0 spiro atoms. The van der Waals surface area contributed by atoms with Gasteiger partial charge in [-0.2, -0.15) is 0 Å². The molecule has 0 saturated carbocycles. The lowest BCUT2D eigenvalue weighted by molar-refractivity contribution is -0.384. The van der Waals surface area contributed by atoms with E-state index in [4.69, 9.17) is 16.3 Å². The third kappa shape index (κ3) is 5.00. The summed E-state index contributed by atoms with van der Waals surface area (Å²) < 4.78 is 4.95. The highest BCUT2D eigenvalue weighted by Crippen LogP contribution is 2.22. The number of halogens is 1. The summed E-state index contributed by atoms with van der Waals surface area (Å²) in [5, 5.41) is 14.2. The molecule has 0 aliphatic rings. The number of non-ortho nitro benzene ring substituents is 1. The minimum absolute atomic E-state index is 0.0174. The zero-order valence-corrected chi connectivity index (χ0v) is 11.1. The van der Waals surface area contributed by atoms with Crippen molar-refractivity contribution in [3.05, 3.63) is 38.9 Å². The lowest BCUT2D eigenvalue weighted by Crippen LogP contribution is -2.15. The standard InChI is InChI=1S/C12H17ClN2O3/c1-18-7-3-2-6-14-9-10-4-5-11(15(16)17)8-12(10)13/h4-5,8,14H,2-3,6-7,9H2,1H3. The smallest absolute Gasteiger partial charge is 0.270 e. The Bertz CT molecular complexity index is 399. The first-order valence-corrected chi connectivity index (χ1v) is 6.15. The van der Waals surface area contributed by atoms with Crippen LogP contribution in [-0.2, 0) is 11.3 Å². The summed E-state index contributed by atoms with van der Waals surface area (Å²) in [6, 6.07) is 4.53. The molecule has 1 aromatic rings. The van der Waals surface area contributed by atoms with Gasteiger partial charge in [-0.25, -0.2) is 0 Å². The second kappa shape index (κ2) is 8.02. The van der Waals surface area contributed by atoms with E-state index in [2.05, 4.69) is 5.32 Å². The fourth-order valence-electron chi connectivity index (χ4n) is 1.51. The number of nitro benzene ring substituents is 1. The van der Waals surface area contributed by atoms with Crippen molar-refractivity contribution in [1.82, 2.24) is 5.32 Å². The number of nitro groups is 1. The van der Waals surface area contributed by atoms with Gasteiger partial charge in [-0.05, 0) is 31.0 Å². The van der Waals surface area contributed by atoms with Crippen LogP contribution in [0.5, 0.6) is 0 Å². The second-order valence-corrected chi connectivity index (χ2v) is 4.32. The predicted octanol–water partition coefficient (Wildman–Crippen LogP) is 2.76. The summed E-state index contributed by atoms with van der Waals surface area (Å²) in [7, 11) is 1.68. The van der Waals surface area contributed by atoms with Crippen LogP contribution in [0.15, 0.2) is 18.2 Å². The van der Waals surface area contributed by atoms with Gasteiger partial charge >= 0.3 is 0 Å². The Hall–Kier alpha value is -1.17. The highest BCUT2D eigenvalue weighted by molar-refractivity contribution is 6.31. The Labute approximate surface area is 111 Å². The van der Waals surface area contributed by atoms with Crippen molar-refractivity contribution >= 4 is 17.3 Å². The van der Waals surface area contributed by atoms with Crippen LogP contribution in [0.1, 0.15) is 18.4 Å². The molecule has 0 saturated heterocycles. The number of ether oxygens (including phenoxy) is 1. The van der Waals surface area contributed by atoms with Gasteiger partial charge in [0.1, 0.15) is 0 Å². The van der Waals surface area contributed by atoms with E-state index in [9.17, 15) is 10.1 Å². The number of methoxy groups -OCH3 is 1. The van der Waals surface area contributed by atoms with Gasteiger partial charge in [-0.15, -0.1) is 0 Å². The van der Waals surface area contributed by atoms with Crippen LogP contribution in [0.25, 0.3) is 0 Å². The quantitative estimate of drug-likeness (QED) is 0.449. The molecule has 6 heteroatoms. The van der Waals surface area contributed by atoms with Crippen LogP contribution >= 0.6 is 11.6 Å². The monoisotopic (exact) mass is 272 g/mol. The van der Waals surface area contributed by atoms with E-state index in [1.165, 1.54) is 12.1 Å². The van der Waals surface area contributed by atoms with Crippen LogP contribution in [0.3, 0.4) is 0 Å². The topological polar surface area (TPSA) is 64.4 Å². The molecule has 0 unspecified atom stereocenters. The van der Waals surface area contributed by atoms with Crippen LogP contribution in [-0.4, -0.2) is 25.2 Å². The molecule has 0 aliphatic carbocycles. The minimum atomic E-state index is -0.451. The molecule has 0 fully saturated rings. The number of nitrogens with zero attached hydrogens (tertiary/aromatic N) is 1. The maximum atomic E-state index is 10.5. The largest absolute Gasteiger partial charge is 0.385 e. The van der Waals surface area contributed by atoms with Crippen LogP contribution < -0.4 is 5.32 Å². The summed E-state index contributed by atoms with van der Waals surface area (Å²) >= 11 is 5.97. The first-order chi connectivity index (χ1) is 8.65. The average molecular weight is 273 g/mol. The molecule has 0 atom stereocenters. The summed E-state index contributed by atoms with van der Waals surface area (Å²) in [5.74, 6) is 0. The number of hydrogen-bond acceptors (Lipinski definition) is 4. The van der Waals surface area contributed by atoms with Gasteiger partial charge in [-0.1, -0.05) is 11.6 Å². The first-order valence-electron chi connectivity index (χ1n) is 5.77. The SMILES string of the molecule is COCCCCNCc1ccc([N+](=O)[O-])cc1Cl. The van der Waals surface area contributed by atoms with E-state index < -0.39 is 4.92 Å². The molecular weight excluding hydrogens is 256 g/mol. The van der Waals surface area contributed by atoms with E-state index in [1.807, 2.05) is 0 Å². The number of nitrogens with one attached hydrogen (secondary N) is 1.